The maximum absolute atomic E-state index is 5.87. The molecule has 0 spiro atoms. The summed E-state index contributed by atoms with van der Waals surface area (Å²) in [5.74, 6) is 2.70. The van der Waals surface area contributed by atoms with Crippen molar-refractivity contribution in [2.45, 2.75) is 46.4 Å². The number of hydrogen-bond donors (Lipinski definition) is 1. The summed E-state index contributed by atoms with van der Waals surface area (Å²) in [6, 6.07) is 10.1. The van der Waals surface area contributed by atoms with Crippen LogP contribution in [0.5, 0.6) is 5.75 Å². The van der Waals surface area contributed by atoms with Crippen LogP contribution in [0.15, 0.2) is 34.7 Å². The molecule has 3 nitrogen and oxygen atoms in total. The van der Waals surface area contributed by atoms with E-state index in [0.29, 0.717) is 6.61 Å². The molecule has 0 unspecified atom stereocenters. The van der Waals surface area contributed by atoms with E-state index in [1.165, 1.54) is 0 Å². The average molecular weight is 399 g/mol. The van der Waals surface area contributed by atoms with Crippen LogP contribution in [0.3, 0.4) is 0 Å². The lowest BCUT2D eigenvalue weighted by atomic mass is 10.1. The van der Waals surface area contributed by atoms with Gasteiger partial charge in [-0.1, -0.05) is 6.07 Å². The van der Waals surface area contributed by atoms with Gasteiger partial charge >= 0.3 is 0 Å². The van der Waals surface area contributed by atoms with Gasteiger partial charge in [-0.2, -0.15) is 0 Å². The molecule has 0 aliphatic carbocycles. The van der Waals surface area contributed by atoms with Gasteiger partial charge in [-0.15, -0.1) is 0 Å². The summed E-state index contributed by atoms with van der Waals surface area (Å²) < 4.78 is 12.8. The van der Waals surface area contributed by atoms with Gasteiger partial charge in [0.2, 0.25) is 0 Å². The van der Waals surface area contributed by atoms with Gasteiger partial charge in [-0.05, 0) is 80.1 Å². The lowest BCUT2D eigenvalue weighted by Crippen LogP contribution is -2.35. The maximum atomic E-state index is 5.87. The van der Waals surface area contributed by atoms with Crippen LogP contribution in [0.4, 0.5) is 0 Å². The Bertz CT molecular complexity index is 599. The molecule has 21 heavy (non-hydrogen) atoms. The van der Waals surface area contributed by atoms with E-state index < -0.39 is 0 Å². The molecule has 1 aromatic heterocycles. The maximum Gasteiger partial charge on any atom is 0.146 e. The molecule has 0 atom stereocenters. The minimum absolute atomic E-state index is 0.0800. The van der Waals surface area contributed by atoms with Gasteiger partial charge in [0, 0.05) is 9.11 Å². The van der Waals surface area contributed by atoms with Crippen LogP contribution < -0.4 is 10.1 Å². The third-order valence-electron chi connectivity index (χ3n) is 3.03. The Labute approximate surface area is 140 Å². The first-order valence-electron chi connectivity index (χ1n) is 7.05. The predicted octanol–water partition coefficient (Wildman–Crippen LogP) is 4.66. The lowest BCUT2D eigenvalue weighted by molar-refractivity contribution is 0.263. The Kier molecular flexibility index (Phi) is 5.32. The number of hydrogen-bond acceptors (Lipinski definition) is 3. The number of halogens is 1. The molecule has 1 aromatic carbocycles. The fraction of sp³-hybridized carbons (Fsp3) is 0.412. The van der Waals surface area contributed by atoms with E-state index in [1.54, 1.807) is 0 Å². The number of rotatable bonds is 5. The van der Waals surface area contributed by atoms with Crippen LogP contribution in [0.1, 0.15) is 37.9 Å². The fourth-order valence-electron chi connectivity index (χ4n) is 1.89. The highest BCUT2D eigenvalue weighted by Gasteiger charge is 2.13. The quantitative estimate of drug-likeness (QED) is 0.743. The summed E-state index contributed by atoms with van der Waals surface area (Å²) in [6.45, 7) is 9.69. The standard InChI is InChI=1S/C17H22INO2/c1-12-8-15(21-16(12)10-19-17(2,3)4)11-20-14-7-5-6-13(18)9-14/h5-9,19H,10-11H2,1-4H3. The third kappa shape index (κ3) is 5.36. The smallest absolute Gasteiger partial charge is 0.146 e. The minimum Gasteiger partial charge on any atom is -0.486 e. The first-order chi connectivity index (χ1) is 9.83. The highest BCUT2D eigenvalue weighted by atomic mass is 127. The summed E-state index contributed by atoms with van der Waals surface area (Å²) in [6.07, 6.45) is 0. The lowest BCUT2D eigenvalue weighted by Gasteiger charge is -2.19. The second kappa shape index (κ2) is 6.83. The molecule has 1 heterocycles. The van der Waals surface area contributed by atoms with E-state index in [9.17, 15) is 0 Å². The summed E-state index contributed by atoms with van der Waals surface area (Å²) in [7, 11) is 0. The van der Waals surface area contributed by atoms with Crippen molar-refractivity contribution in [1.29, 1.82) is 0 Å². The molecule has 0 saturated heterocycles. The van der Waals surface area contributed by atoms with E-state index in [1.807, 2.05) is 30.3 Å². The number of nitrogens with one attached hydrogen (secondary N) is 1. The topological polar surface area (TPSA) is 34.4 Å². The van der Waals surface area contributed by atoms with Gasteiger partial charge in [-0.25, -0.2) is 0 Å². The molecule has 2 aromatic rings. The summed E-state index contributed by atoms with van der Waals surface area (Å²) >= 11 is 2.28. The zero-order valence-corrected chi connectivity index (χ0v) is 15.2. The molecule has 0 saturated carbocycles. The van der Waals surface area contributed by atoms with Crippen LogP contribution in [-0.2, 0) is 13.2 Å². The van der Waals surface area contributed by atoms with E-state index in [-0.39, 0.29) is 5.54 Å². The Hall–Kier alpha value is -1.01. The number of ether oxygens (including phenoxy) is 1. The Morgan fingerprint density at radius 2 is 2.00 bits per heavy atom. The van der Waals surface area contributed by atoms with Gasteiger partial charge in [0.05, 0.1) is 6.54 Å². The normalized spacial score (nSPS) is 11.7. The first kappa shape index (κ1) is 16.4. The van der Waals surface area contributed by atoms with Crippen LogP contribution in [-0.4, -0.2) is 5.54 Å². The summed E-state index contributed by atoms with van der Waals surface area (Å²) in [5.41, 5.74) is 1.24. The molecule has 114 valence electrons. The van der Waals surface area contributed by atoms with Crippen molar-refractivity contribution in [2.24, 2.45) is 0 Å². The summed E-state index contributed by atoms with van der Waals surface area (Å²) in [4.78, 5) is 0. The zero-order valence-electron chi connectivity index (χ0n) is 13.0. The van der Waals surface area contributed by atoms with Gasteiger partial charge in [0.1, 0.15) is 23.9 Å². The molecular weight excluding hydrogens is 377 g/mol. The van der Waals surface area contributed by atoms with Crippen LogP contribution >= 0.6 is 22.6 Å². The van der Waals surface area contributed by atoms with Gasteiger partial charge < -0.3 is 14.5 Å². The van der Waals surface area contributed by atoms with E-state index in [4.69, 9.17) is 9.15 Å². The SMILES string of the molecule is Cc1cc(COc2cccc(I)c2)oc1CNC(C)(C)C. The monoisotopic (exact) mass is 399 g/mol. The summed E-state index contributed by atoms with van der Waals surface area (Å²) in [5, 5.41) is 3.44. The Balaban J connectivity index is 1.95. The van der Waals surface area contributed by atoms with Gasteiger partial charge in [0.15, 0.2) is 0 Å². The molecule has 0 aliphatic heterocycles. The molecular formula is C17H22INO2. The van der Waals surface area contributed by atoms with Crippen molar-refractivity contribution in [3.05, 3.63) is 51.0 Å². The van der Waals surface area contributed by atoms with E-state index in [2.05, 4.69) is 55.6 Å². The largest absolute Gasteiger partial charge is 0.486 e. The van der Waals surface area contributed by atoms with Crippen molar-refractivity contribution in [1.82, 2.24) is 5.32 Å². The van der Waals surface area contributed by atoms with Gasteiger partial charge in [-0.3, -0.25) is 0 Å². The number of furan rings is 1. The zero-order chi connectivity index (χ0) is 15.5. The molecule has 4 heteroatoms. The number of benzene rings is 1. The molecule has 0 amide bonds. The molecule has 0 radical (unpaired) electrons. The molecule has 0 fully saturated rings. The second-order valence-corrected chi connectivity index (χ2v) is 7.41. The molecule has 2 rings (SSSR count). The average Bonchev–Trinajstić information content (AvgIpc) is 2.74. The van der Waals surface area contributed by atoms with Crippen LogP contribution in [0.25, 0.3) is 0 Å². The second-order valence-electron chi connectivity index (χ2n) is 6.17. The van der Waals surface area contributed by atoms with E-state index in [0.717, 1.165) is 32.9 Å². The molecule has 0 aliphatic rings. The molecule has 1 N–H and O–H groups in total. The van der Waals surface area contributed by atoms with Crippen molar-refractivity contribution in [3.8, 4) is 5.75 Å². The van der Waals surface area contributed by atoms with Crippen LogP contribution in [0, 0.1) is 10.5 Å². The van der Waals surface area contributed by atoms with Gasteiger partial charge in [0.25, 0.3) is 0 Å². The fourth-order valence-corrected chi connectivity index (χ4v) is 2.41. The van der Waals surface area contributed by atoms with Crippen molar-refractivity contribution in [3.63, 3.8) is 0 Å². The third-order valence-corrected chi connectivity index (χ3v) is 3.70. The van der Waals surface area contributed by atoms with Crippen LogP contribution in [0.2, 0.25) is 0 Å². The van der Waals surface area contributed by atoms with E-state index >= 15 is 0 Å². The van der Waals surface area contributed by atoms with Crippen molar-refractivity contribution < 1.29 is 9.15 Å². The Morgan fingerprint density at radius 3 is 2.67 bits per heavy atom. The highest BCUT2D eigenvalue weighted by molar-refractivity contribution is 14.1. The predicted molar refractivity (Wildman–Crippen MR) is 93.5 cm³/mol. The van der Waals surface area contributed by atoms with Crippen molar-refractivity contribution >= 4 is 22.6 Å². The first-order valence-corrected chi connectivity index (χ1v) is 8.13. The Morgan fingerprint density at radius 1 is 1.24 bits per heavy atom. The highest BCUT2D eigenvalue weighted by Crippen LogP contribution is 2.19. The number of aryl methyl sites for hydroxylation is 1. The molecule has 0 bridgehead atoms. The van der Waals surface area contributed by atoms with Crippen molar-refractivity contribution in [2.75, 3.05) is 0 Å². The minimum atomic E-state index is 0.0800.